The Bertz CT molecular complexity index is 1170. The molecule has 0 aromatic carbocycles. The predicted molar refractivity (Wildman–Crippen MR) is 120 cm³/mol. The van der Waals surface area contributed by atoms with Gasteiger partial charge in [-0.1, -0.05) is 0 Å². The van der Waals surface area contributed by atoms with Crippen LogP contribution in [0.4, 0.5) is 11.5 Å². The maximum atomic E-state index is 11.9. The Labute approximate surface area is 190 Å². The number of imidazole rings is 1. The van der Waals surface area contributed by atoms with Gasteiger partial charge in [0.2, 0.25) is 6.41 Å². The average Bonchev–Trinajstić information content (AvgIpc) is 3.30. The predicted octanol–water partition coefficient (Wildman–Crippen LogP) is 0.594. The zero-order valence-electron chi connectivity index (χ0n) is 18.2. The highest BCUT2D eigenvalue weighted by atomic mass is 16.5. The summed E-state index contributed by atoms with van der Waals surface area (Å²) in [6.45, 7) is 0.691. The molecule has 3 aromatic heterocycles. The van der Waals surface area contributed by atoms with E-state index in [1.54, 1.807) is 28.9 Å². The van der Waals surface area contributed by atoms with Crippen molar-refractivity contribution in [3.05, 3.63) is 36.3 Å². The van der Waals surface area contributed by atoms with Crippen LogP contribution in [0.25, 0.3) is 17.2 Å². The van der Waals surface area contributed by atoms with Gasteiger partial charge in [0.05, 0.1) is 37.2 Å². The zero-order valence-corrected chi connectivity index (χ0v) is 18.2. The third-order valence-corrected chi connectivity index (χ3v) is 5.74. The third-order valence-electron chi connectivity index (χ3n) is 5.74. The van der Waals surface area contributed by atoms with Gasteiger partial charge < -0.3 is 24.7 Å². The van der Waals surface area contributed by atoms with Crippen molar-refractivity contribution in [1.82, 2.24) is 19.4 Å². The van der Waals surface area contributed by atoms with Crippen molar-refractivity contribution in [3.63, 3.8) is 0 Å². The van der Waals surface area contributed by atoms with E-state index in [1.807, 2.05) is 11.9 Å². The van der Waals surface area contributed by atoms with E-state index in [-0.39, 0.29) is 12.6 Å². The summed E-state index contributed by atoms with van der Waals surface area (Å²) in [4.78, 5) is 28.8. The van der Waals surface area contributed by atoms with E-state index in [2.05, 4.69) is 16.0 Å². The Balaban J connectivity index is 1.81. The molecule has 11 nitrogen and oxygen atoms in total. The lowest BCUT2D eigenvalue weighted by atomic mass is 10.1. The number of nitrogens with zero attached hydrogens (tertiary/aromatic N) is 7. The molecule has 1 aliphatic rings. The minimum atomic E-state index is -1.10. The van der Waals surface area contributed by atoms with E-state index < -0.39 is 12.7 Å². The van der Waals surface area contributed by atoms with E-state index in [1.165, 1.54) is 11.1 Å². The minimum Gasteiger partial charge on any atom is -0.394 e. The zero-order chi connectivity index (χ0) is 23.4. The Kier molecular flexibility index (Phi) is 6.79. The number of pyridine rings is 1. The number of fused-ring (bicyclic) bond motifs is 1. The molecule has 11 heteroatoms. The number of rotatable bonds is 8. The van der Waals surface area contributed by atoms with Crippen molar-refractivity contribution in [3.8, 4) is 17.6 Å². The normalized spacial score (nSPS) is 15.2. The number of ether oxygens (including phenoxy) is 1. The number of nitriles is 1. The summed E-state index contributed by atoms with van der Waals surface area (Å²) >= 11 is 0. The van der Waals surface area contributed by atoms with Crippen molar-refractivity contribution in [1.29, 1.82) is 5.26 Å². The average molecular weight is 451 g/mol. The highest BCUT2D eigenvalue weighted by molar-refractivity contribution is 5.82. The number of aliphatic hydroxyl groups excluding tert-OH is 2. The topological polar surface area (TPSA) is 140 Å². The fourth-order valence-electron chi connectivity index (χ4n) is 3.89. The molecular weight excluding hydrogens is 426 g/mol. The molecule has 0 spiro atoms. The highest BCUT2D eigenvalue weighted by Gasteiger charge is 2.26. The van der Waals surface area contributed by atoms with Crippen LogP contribution in [-0.2, 0) is 9.53 Å². The van der Waals surface area contributed by atoms with Crippen LogP contribution in [0.5, 0.6) is 0 Å². The summed E-state index contributed by atoms with van der Waals surface area (Å²) < 4.78 is 7.23. The first-order chi connectivity index (χ1) is 16.0. The maximum absolute atomic E-state index is 11.9. The van der Waals surface area contributed by atoms with E-state index in [0.717, 1.165) is 12.8 Å². The molecule has 0 saturated carbocycles. The number of carbonyl (C=O) groups is 1. The monoisotopic (exact) mass is 451 g/mol. The van der Waals surface area contributed by atoms with Crippen LogP contribution in [0.1, 0.15) is 18.4 Å². The van der Waals surface area contributed by atoms with Crippen molar-refractivity contribution < 1.29 is 19.7 Å². The maximum Gasteiger partial charge on any atom is 0.214 e. The van der Waals surface area contributed by atoms with Crippen molar-refractivity contribution >= 4 is 23.6 Å². The van der Waals surface area contributed by atoms with Crippen LogP contribution in [0.15, 0.2) is 30.7 Å². The molecule has 1 saturated heterocycles. The van der Waals surface area contributed by atoms with E-state index in [9.17, 15) is 20.3 Å². The molecule has 1 atom stereocenters. The molecule has 0 radical (unpaired) electrons. The van der Waals surface area contributed by atoms with Gasteiger partial charge in [-0.3, -0.25) is 9.20 Å². The quantitative estimate of drug-likeness (QED) is 0.471. The number of hydrogen-bond donors (Lipinski definition) is 2. The molecule has 0 bridgehead atoms. The number of carbonyl (C=O) groups excluding carboxylic acids is 1. The first kappa shape index (κ1) is 22.6. The lowest BCUT2D eigenvalue weighted by molar-refractivity contribution is -0.107. The Morgan fingerprint density at radius 3 is 2.82 bits per heavy atom. The lowest BCUT2D eigenvalue weighted by Gasteiger charge is -2.34. The molecule has 4 rings (SSSR count). The van der Waals surface area contributed by atoms with Gasteiger partial charge in [0.25, 0.3) is 0 Å². The van der Waals surface area contributed by atoms with Gasteiger partial charge in [0.15, 0.2) is 11.6 Å². The van der Waals surface area contributed by atoms with Gasteiger partial charge in [-0.2, -0.15) is 5.26 Å². The molecule has 1 fully saturated rings. The number of hydrogen-bond acceptors (Lipinski definition) is 9. The molecule has 1 unspecified atom stereocenters. The molecule has 3 aromatic rings. The first-order valence-corrected chi connectivity index (χ1v) is 10.6. The summed E-state index contributed by atoms with van der Waals surface area (Å²) in [5.41, 5.74) is 2.14. The second kappa shape index (κ2) is 9.91. The van der Waals surface area contributed by atoms with Gasteiger partial charge in [-0.15, -0.1) is 0 Å². The molecule has 33 heavy (non-hydrogen) atoms. The highest BCUT2D eigenvalue weighted by Crippen LogP contribution is 2.31. The lowest BCUT2D eigenvalue weighted by Crippen LogP contribution is -2.39. The van der Waals surface area contributed by atoms with Crippen LogP contribution in [0, 0.1) is 11.3 Å². The van der Waals surface area contributed by atoms with Crippen LogP contribution in [0.3, 0.4) is 0 Å². The standard InChI is InChI=1S/C22H25N7O4/c1-27(16-4-6-33-7-5-16)22-19(28(14-31)12-17(32)13-30)10-25-21(26-22)18-9-24-20-3-2-15(8-23)11-29(18)20/h2-3,9-11,14,16-17,30,32H,4-7,12-13H2,1H3. The summed E-state index contributed by atoms with van der Waals surface area (Å²) in [5, 5.41) is 28.4. The van der Waals surface area contributed by atoms with E-state index >= 15 is 0 Å². The van der Waals surface area contributed by atoms with Gasteiger partial charge >= 0.3 is 0 Å². The number of amides is 1. The first-order valence-electron chi connectivity index (χ1n) is 10.6. The number of anilines is 2. The Morgan fingerprint density at radius 2 is 2.12 bits per heavy atom. The van der Waals surface area contributed by atoms with Crippen LogP contribution < -0.4 is 9.80 Å². The summed E-state index contributed by atoms with van der Waals surface area (Å²) in [6, 6.07) is 5.69. The van der Waals surface area contributed by atoms with Gasteiger partial charge in [0.1, 0.15) is 23.1 Å². The summed E-state index contributed by atoms with van der Waals surface area (Å²) in [5.74, 6) is 0.888. The Morgan fingerprint density at radius 1 is 1.33 bits per heavy atom. The second-order valence-electron chi connectivity index (χ2n) is 7.85. The van der Waals surface area contributed by atoms with E-state index in [4.69, 9.17) is 9.72 Å². The SMILES string of the molecule is CN(c1nc(-c2cnc3ccc(C#N)cn23)ncc1N(C=O)CC(O)CO)C1CCOCC1. The van der Waals surface area contributed by atoms with Crippen molar-refractivity contribution in [2.24, 2.45) is 0 Å². The smallest absolute Gasteiger partial charge is 0.214 e. The number of aromatic nitrogens is 4. The third kappa shape index (κ3) is 4.63. The molecule has 1 amide bonds. The fourth-order valence-corrected chi connectivity index (χ4v) is 3.89. The molecule has 4 heterocycles. The summed E-state index contributed by atoms with van der Waals surface area (Å²) in [7, 11) is 1.90. The molecular formula is C22H25N7O4. The van der Waals surface area contributed by atoms with Crippen molar-refractivity contribution in [2.45, 2.75) is 25.0 Å². The van der Waals surface area contributed by atoms with Crippen LogP contribution >= 0.6 is 0 Å². The molecule has 2 N–H and O–H groups in total. The minimum absolute atomic E-state index is 0.0987. The Hall–Kier alpha value is -3.59. The van der Waals surface area contributed by atoms with Gasteiger partial charge in [0, 0.05) is 32.5 Å². The fraction of sp³-hybridized carbons (Fsp3) is 0.409. The van der Waals surface area contributed by atoms with Crippen molar-refractivity contribution in [2.75, 3.05) is 43.2 Å². The van der Waals surface area contributed by atoms with Crippen LogP contribution in [-0.4, -0.2) is 81.5 Å². The largest absolute Gasteiger partial charge is 0.394 e. The van der Waals surface area contributed by atoms with Gasteiger partial charge in [-0.25, -0.2) is 15.0 Å². The summed E-state index contributed by atoms with van der Waals surface area (Å²) in [6.07, 6.45) is 5.93. The second-order valence-corrected chi connectivity index (χ2v) is 7.85. The van der Waals surface area contributed by atoms with Crippen LogP contribution in [0.2, 0.25) is 0 Å². The molecule has 1 aliphatic heterocycles. The van der Waals surface area contributed by atoms with E-state index in [0.29, 0.717) is 53.9 Å². The van der Waals surface area contributed by atoms with Gasteiger partial charge in [-0.05, 0) is 25.0 Å². The number of aliphatic hydroxyl groups is 2. The molecule has 0 aliphatic carbocycles. The molecule has 172 valence electrons.